The Morgan fingerprint density at radius 3 is 2.62 bits per heavy atom. The molecule has 1 aromatic heterocycles. The number of ether oxygens (including phenoxy) is 1. The maximum Gasteiger partial charge on any atom is 0.419 e. The first-order valence-corrected chi connectivity index (χ1v) is 7.08. The van der Waals surface area contributed by atoms with Crippen molar-refractivity contribution < 1.29 is 27.5 Å². The van der Waals surface area contributed by atoms with Gasteiger partial charge in [0.1, 0.15) is 11.9 Å². The maximum absolute atomic E-state index is 13.3. The van der Waals surface area contributed by atoms with E-state index in [1.54, 1.807) is 0 Å². The molecule has 132 valence electrons. The van der Waals surface area contributed by atoms with Crippen LogP contribution in [0.2, 0.25) is 5.02 Å². The van der Waals surface area contributed by atoms with Crippen molar-refractivity contribution in [1.82, 2.24) is 9.88 Å². The molecule has 0 radical (unpaired) electrons. The van der Waals surface area contributed by atoms with E-state index < -0.39 is 42.7 Å². The van der Waals surface area contributed by atoms with Crippen molar-refractivity contribution in [2.45, 2.75) is 24.2 Å². The molecular formula is C13H14ClF3N4O3. The van der Waals surface area contributed by atoms with Gasteiger partial charge in [-0.05, 0) is 12.1 Å². The van der Waals surface area contributed by atoms with Gasteiger partial charge in [-0.2, -0.15) is 13.2 Å². The molecule has 1 saturated heterocycles. The summed E-state index contributed by atoms with van der Waals surface area (Å²) in [5.41, 5.74) is 2.49. The van der Waals surface area contributed by atoms with Crippen LogP contribution in [0.5, 0.6) is 0 Å². The van der Waals surface area contributed by atoms with Gasteiger partial charge >= 0.3 is 12.2 Å². The molecule has 3 amide bonds. The molecule has 2 unspecified atom stereocenters. The molecule has 7 nitrogen and oxygen atoms in total. The molecule has 1 aromatic rings. The van der Waals surface area contributed by atoms with Crippen LogP contribution in [0.15, 0.2) is 18.3 Å². The van der Waals surface area contributed by atoms with Crippen LogP contribution in [-0.2, 0) is 9.53 Å². The van der Waals surface area contributed by atoms with E-state index in [4.69, 9.17) is 17.3 Å². The smallest absolute Gasteiger partial charge is 0.368 e. The van der Waals surface area contributed by atoms with E-state index in [-0.39, 0.29) is 5.82 Å². The van der Waals surface area contributed by atoms with Crippen LogP contribution >= 0.6 is 11.6 Å². The Hall–Kier alpha value is -2.07. The van der Waals surface area contributed by atoms with Crippen molar-refractivity contribution in [3.05, 3.63) is 23.4 Å². The number of alkyl halides is 3. The second kappa shape index (κ2) is 6.44. The third-order valence-electron chi connectivity index (χ3n) is 3.78. The number of nitrogens with two attached hydrogens (primary N) is 1. The zero-order valence-corrected chi connectivity index (χ0v) is 13.2. The summed E-state index contributed by atoms with van der Waals surface area (Å²) in [6.07, 6.45) is -4.30. The highest BCUT2D eigenvalue weighted by molar-refractivity contribution is 6.30. The van der Waals surface area contributed by atoms with Crippen molar-refractivity contribution >= 4 is 29.4 Å². The van der Waals surface area contributed by atoms with Gasteiger partial charge in [-0.1, -0.05) is 11.6 Å². The molecule has 1 aliphatic rings. The van der Waals surface area contributed by atoms with Crippen LogP contribution in [-0.4, -0.2) is 53.3 Å². The third-order valence-corrected chi connectivity index (χ3v) is 4.01. The Kier molecular flexibility index (Phi) is 4.90. The number of carbonyl (C=O) groups excluding carboxylic acids is 2. The fourth-order valence-corrected chi connectivity index (χ4v) is 2.55. The topological polar surface area (TPSA) is 97.5 Å². The number of pyridine rings is 1. The average molecular weight is 367 g/mol. The van der Waals surface area contributed by atoms with Crippen LogP contribution in [0, 0.1) is 0 Å². The molecular weight excluding hydrogens is 353 g/mol. The number of carbonyl (C=O) groups is 2. The Morgan fingerprint density at radius 1 is 1.50 bits per heavy atom. The zero-order chi connectivity index (χ0) is 18.1. The Labute approximate surface area is 139 Å². The second-order valence-corrected chi connectivity index (χ2v) is 5.67. The van der Waals surface area contributed by atoms with Crippen molar-refractivity contribution in [2.24, 2.45) is 5.73 Å². The minimum atomic E-state index is -4.77. The predicted molar refractivity (Wildman–Crippen MR) is 78.4 cm³/mol. The fraction of sp³-hybridized carbons (Fsp3) is 0.462. The van der Waals surface area contributed by atoms with Gasteiger partial charge in [-0.15, -0.1) is 0 Å². The monoisotopic (exact) mass is 366 g/mol. The second-order valence-electron chi connectivity index (χ2n) is 5.24. The molecule has 0 spiro atoms. The van der Waals surface area contributed by atoms with Crippen LogP contribution in [0.4, 0.5) is 23.8 Å². The molecule has 2 rings (SSSR count). The number of methoxy groups -OCH3 is 1. The largest absolute Gasteiger partial charge is 0.419 e. The van der Waals surface area contributed by atoms with Crippen molar-refractivity contribution in [1.29, 1.82) is 0 Å². The number of amides is 3. The van der Waals surface area contributed by atoms with E-state index in [0.29, 0.717) is 9.92 Å². The highest BCUT2D eigenvalue weighted by Gasteiger charge is 2.63. The van der Waals surface area contributed by atoms with Gasteiger partial charge in [-0.3, -0.25) is 10.1 Å². The van der Waals surface area contributed by atoms with E-state index in [0.717, 1.165) is 7.11 Å². The summed E-state index contributed by atoms with van der Waals surface area (Å²) in [6.45, 7) is -0.861. The molecule has 1 fully saturated rings. The van der Waals surface area contributed by atoms with Gasteiger partial charge in [0, 0.05) is 19.7 Å². The number of nitrogens with zero attached hydrogens (tertiary/aromatic N) is 2. The molecule has 1 aliphatic heterocycles. The lowest BCUT2D eigenvalue weighted by molar-refractivity contribution is -0.263. The van der Waals surface area contributed by atoms with Crippen LogP contribution in [0.3, 0.4) is 0 Å². The highest BCUT2D eigenvalue weighted by atomic mass is 35.5. The fourth-order valence-electron chi connectivity index (χ4n) is 2.44. The predicted octanol–water partition coefficient (Wildman–Crippen LogP) is 1.77. The summed E-state index contributed by atoms with van der Waals surface area (Å²) in [5.74, 6) is -0.994. The SMILES string of the molecule is COC1(C(F)(F)F)CC(C(N)=O)N(C(=O)Nc2ccc(Cl)cn2)C1. The molecule has 3 N–H and O–H groups in total. The van der Waals surface area contributed by atoms with E-state index in [9.17, 15) is 22.8 Å². The number of hydrogen-bond donors (Lipinski definition) is 2. The van der Waals surface area contributed by atoms with Gasteiger partial charge in [0.2, 0.25) is 5.91 Å². The number of primary amides is 1. The summed E-state index contributed by atoms with van der Waals surface area (Å²) >= 11 is 5.66. The number of hydrogen-bond acceptors (Lipinski definition) is 4. The minimum Gasteiger partial charge on any atom is -0.368 e. The van der Waals surface area contributed by atoms with E-state index in [1.165, 1.54) is 18.3 Å². The molecule has 0 saturated carbocycles. The quantitative estimate of drug-likeness (QED) is 0.852. The van der Waals surface area contributed by atoms with E-state index >= 15 is 0 Å². The summed E-state index contributed by atoms with van der Waals surface area (Å²) in [4.78, 5) is 28.2. The molecule has 24 heavy (non-hydrogen) atoms. The van der Waals surface area contributed by atoms with Gasteiger partial charge in [0.25, 0.3) is 0 Å². The number of anilines is 1. The number of aromatic nitrogens is 1. The lowest BCUT2D eigenvalue weighted by atomic mass is 9.99. The van der Waals surface area contributed by atoms with Crippen LogP contribution in [0.25, 0.3) is 0 Å². The van der Waals surface area contributed by atoms with Crippen molar-refractivity contribution in [2.75, 3.05) is 19.0 Å². The first kappa shape index (κ1) is 18.3. The molecule has 2 heterocycles. The number of halogens is 4. The summed E-state index contributed by atoms with van der Waals surface area (Å²) in [7, 11) is 0.869. The molecule has 0 aromatic carbocycles. The normalized spacial score (nSPS) is 24.0. The zero-order valence-electron chi connectivity index (χ0n) is 12.4. The lowest BCUT2D eigenvalue weighted by Gasteiger charge is -2.29. The molecule has 11 heteroatoms. The summed E-state index contributed by atoms with van der Waals surface area (Å²) < 4.78 is 44.5. The third kappa shape index (κ3) is 3.39. The van der Waals surface area contributed by atoms with Gasteiger partial charge in [0.15, 0.2) is 5.60 Å². The maximum atomic E-state index is 13.3. The van der Waals surface area contributed by atoms with Gasteiger partial charge in [0.05, 0.1) is 11.6 Å². The Balaban J connectivity index is 2.24. The average Bonchev–Trinajstić information content (AvgIpc) is 2.91. The van der Waals surface area contributed by atoms with Gasteiger partial charge < -0.3 is 15.4 Å². The van der Waals surface area contributed by atoms with Crippen molar-refractivity contribution in [3.63, 3.8) is 0 Å². The lowest BCUT2D eigenvalue weighted by Crippen LogP contribution is -2.50. The molecule has 2 atom stereocenters. The first-order chi connectivity index (χ1) is 11.1. The van der Waals surface area contributed by atoms with Crippen LogP contribution in [0.1, 0.15) is 6.42 Å². The Morgan fingerprint density at radius 2 is 2.17 bits per heavy atom. The number of rotatable bonds is 3. The van der Waals surface area contributed by atoms with Crippen molar-refractivity contribution in [3.8, 4) is 0 Å². The standard InChI is InChI=1S/C13H14ClF3N4O3/c1-24-12(13(15,16)17)4-8(10(18)22)21(6-12)11(23)20-9-3-2-7(14)5-19-9/h2-3,5,8H,4,6H2,1H3,(H2,18,22)(H,19,20,23). The number of likely N-dealkylation sites (tertiary alicyclic amines) is 1. The Bertz CT molecular complexity index is 640. The molecule has 0 aliphatic carbocycles. The summed E-state index contributed by atoms with van der Waals surface area (Å²) in [5, 5.41) is 2.61. The molecule has 0 bridgehead atoms. The van der Waals surface area contributed by atoms with Gasteiger partial charge in [-0.25, -0.2) is 9.78 Å². The van der Waals surface area contributed by atoms with E-state index in [2.05, 4.69) is 15.0 Å². The number of nitrogens with one attached hydrogen (secondary N) is 1. The minimum absolute atomic E-state index is 0.0644. The number of urea groups is 1. The first-order valence-electron chi connectivity index (χ1n) is 6.70. The highest BCUT2D eigenvalue weighted by Crippen LogP contribution is 2.43. The summed E-state index contributed by atoms with van der Waals surface area (Å²) in [6, 6.07) is 0.397. The van der Waals surface area contributed by atoms with Crippen LogP contribution < -0.4 is 11.1 Å². The van der Waals surface area contributed by atoms with E-state index in [1.807, 2.05) is 0 Å².